The Hall–Kier alpha value is -3.07. The molecule has 9 heteroatoms. The predicted molar refractivity (Wildman–Crippen MR) is 97.8 cm³/mol. The van der Waals surface area contributed by atoms with Crippen molar-refractivity contribution < 1.29 is 23.1 Å². The lowest BCUT2D eigenvalue weighted by Gasteiger charge is -2.17. The highest BCUT2D eigenvalue weighted by atomic mass is 32.1. The van der Waals surface area contributed by atoms with Crippen LogP contribution in [0.4, 0.5) is 19.3 Å². The second-order valence-electron chi connectivity index (χ2n) is 5.67. The average Bonchev–Trinajstić information content (AvgIpc) is 3.05. The summed E-state index contributed by atoms with van der Waals surface area (Å²) in [4.78, 5) is 29.6. The summed E-state index contributed by atoms with van der Waals surface area (Å²) < 4.78 is 33.1. The first-order valence-corrected chi connectivity index (χ1v) is 8.64. The van der Waals surface area contributed by atoms with E-state index in [2.05, 4.69) is 15.0 Å². The van der Waals surface area contributed by atoms with Crippen molar-refractivity contribution >= 4 is 39.2 Å². The van der Waals surface area contributed by atoms with Gasteiger partial charge in [0.05, 0.1) is 35.1 Å². The number of hydrogen-bond donors (Lipinski definition) is 1. The second-order valence-corrected chi connectivity index (χ2v) is 6.78. The highest BCUT2D eigenvalue weighted by Gasteiger charge is 2.19. The van der Waals surface area contributed by atoms with Gasteiger partial charge in [0.25, 0.3) is 0 Å². The molecule has 3 aromatic rings. The quantitative estimate of drug-likeness (QED) is 0.682. The zero-order valence-corrected chi connectivity index (χ0v) is 15.3. The van der Waals surface area contributed by atoms with Crippen LogP contribution in [0, 0.1) is 11.6 Å². The minimum absolute atomic E-state index is 0.206. The fourth-order valence-electron chi connectivity index (χ4n) is 2.38. The lowest BCUT2D eigenvalue weighted by molar-refractivity contribution is 0.0595. The first-order valence-electron chi connectivity index (χ1n) is 7.83. The van der Waals surface area contributed by atoms with Crippen molar-refractivity contribution in [1.29, 1.82) is 0 Å². The molecule has 0 bridgehead atoms. The van der Waals surface area contributed by atoms with Crippen LogP contribution >= 0.6 is 11.3 Å². The van der Waals surface area contributed by atoms with Crippen LogP contribution in [0.3, 0.4) is 0 Å². The number of amides is 2. The first-order chi connectivity index (χ1) is 12.9. The highest BCUT2D eigenvalue weighted by molar-refractivity contribution is 7.18. The van der Waals surface area contributed by atoms with Gasteiger partial charge in [-0.05, 0) is 18.2 Å². The van der Waals surface area contributed by atoms with Gasteiger partial charge >= 0.3 is 12.0 Å². The standard InChI is InChI=1S/C18H15F2N3O3S/c1-23(9-16-21-13-5-3-4-6-15(13)27-16)18(25)22-14-7-10(17(24)26-2)11(19)8-12(14)20/h3-8H,9H2,1-2H3,(H,22,25). The lowest BCUT2D eigenvalue weighted by atomic mass is 10.2. The van der Waals surface area contributed by atoms with Crippen LogP contribution in [0.5, 0.6) is 0 Å². The van der Waals surface area contributed by atoms with Crippen LogP contribution in [0.1, 0.15) is 15.4 Å². The lowest BCUT2D eigenvalue weighted by Crippen LogP contribution is -2.31. The summed E-state index contributed by atoms with van der Waals surface area (Å²) in [5.74, 6) is -3.03. The molecule has 1 N–H and O–H groups in total. The summed E-state index contributed by atoms with van der Waals surface area (Å²) in [6, 6.07) is 8.37. The molecule has 0 atom stereocenters. The van der Waals surface area contributed by atoms with Crippen LogP contribution < -0.4 is 5.32 Å². The van der Waals surface area contributed by atoms with Crippen LogP contribution in [0.15, 0.2) is 36.4 Å². The third kappa shape index (κ3) is 4.03. The van der Waals surface area contributed by atoms with E-state index < -0.39 is 29.2 Å². The maximum atomic E-state index is 14.0. The Labute approximate surface area is 157 Å². The van der Waals surface area contributed by atoms with Gasteiger partial charge in [-0.25, -0.2) is 23.4 Å². The molecule has 0 spiro atoms. The van der Waals surface area contributed by atoms with Gasteiger partial charge < -0.3 is 15.0 Å². The summed E-state index contributed by atoms with van der Waals surface area (Å²) >= 11 is 1.45. The van der Waals surface area contributed by atoms with Crippen molar-refractivity contribution in [3.8, 4) is 0 Å². The minimum Gasteiger partial charge on any atom is -0.465 e. The van der Waals surface area contributed by atoms with Crippen LogP contribution in [-0.4, -0.2) is 36.0 Å². The molecule has 1 aromatic heterocycles. The normalized spacial score (nSPS) is 10.7. The van der Waals surface area contributed by atoms with Gasteiger partial charge in [-0.1, -0.05) is 12.1 Å². The van der Waals surface area contributed by atoms with Crippen LogP contribution in [0.2, 0.25) is 0 Å². The molecule has 3 rings (SSSR count). The molecule has 1 heterocycles. The summed E-state index contributed by atoms with van der Waals surface area (Å²) in [5.41, 5.74) is 0.0413. The number of nitrogens with one attached hydrogen (secondary N) is 1. The SMILES string of the molecule is COC(=O)c1cc(NC(=O)N(C)Cc2nc3ccccc3s2)c(F)cc1F. The van der Waals surface area contributed by atoms with E-state index in [9.17, 15) is 18.4 Å². The van der Waals surface area contributed by atoms with Crippen LogP contribution in [0.25, 0.3) is 10.2 Å². The Morgan fingerprint density at radius 2 is 1.96 bits per heavy atom. The molecule has 0 radical (unpaired) electrons. The average molecular weight is 391 g/mol. The maximum Gasteiger partial charge on any atom is 0.340 e. The van der Waals surface area contributed by atoms with Gasteiger partial charge in [0.1, 0.15) is 16.6 Å². The molecule has 0 aliphatic heterocycles. The van der Waals surface area contributed by atoms with Gasteiger partial charge in [-0.15, -0.1) is 11.3 Å². The zero-order chi connectivity index (χ0) is 19.6. The number of thiazole rings is 1. The summed E-state index contributed by atoms with van der Waals surface area (Å²) in [7, 11) is 2.60. The number of ether oxygens (including phenoxy) is 1. The fourth-order valence-corrected chi connectivity index (χ4v) is 3.40. The molecule has 0 aliphatic rings. The molecule has 27 heavy (non-hydrogen) atoms. The molecule has 2 aromatic carbocycles. The Bertz CT molecular complexity index is 989. The minimum atomic E-state index is -1.07. The van der Waals surface area contributed by atoms with Gasteiger partial charge in [0, 0.05) is 13.1 Å². The topological polar surface area (TPSA) is 71.5 Å². The number of benzene rings is 2. The molecule has 0 saturated carbocycles. The van der Waals surface area contributed by atoms with E-state index in [-0.39, 0.29) is 12.2 Å². The number of nitrogens with zero attached hydrogens (tertiary/aromatic N) is 2. The molecule has 2 amide bonds. The molecule has 0 fully saturated rings. The third-order valence-corrected chi connectivity index (χ3v) is 4.78. The number of anilines is 1. The molecule has 0 saturated heterocycles. The number of halogens is 2. The number of esters is 1. The number of carbonyl (C=O) groups excluding carboxylic acids is 2. The highest BCUT2D eigenvalue weighted by Crippen LogP contribution is 2.23. The van der Waals surface area contributed by atoms with Crippen LogP contribution in [-0.2, 0) is 11.3 Å². The zero-order valence-electron chi connectivity index (χ0n) is 14.5. The van der Waals surface area contributed by atoms with Gasteiger partial charge in [0.15, 0.2) is 0 Å². The Balaban J connectivity index is 1.75. The van der Waals surface area contributed by atoms with Crippen molar-refractivity contribution in [3.63, 3.8) is 0 Å². The molecule has 0 unspecified atom stereocenters. The third-order valence-electron chi connectivity index (χ3n) is 3.76. The Kier molecular flexibility index (Phi) is 5.31. The van der Waals surface area contributed by atoms with Crippen molar-refractivity contribution in [2.24, 2.45) is 0 Å². The Morgan fingerprint density at radius 1 is 1.22 bits per heavy atom. The number of para-hydroxylation sites is 1. The summed E-state index contributed by atoms with van der Waals surface area (Å²) in [6.07, 6.45) is 0. The van der Waals surface area contributed by atoms with E-state index in [0.29, 0.717) is 11.1 Å². The number of urea groups is 1. The van der Waals surface area contributed by atoms with Gasteiger partial charge in [-0.3, -0.25) is 0 Å². The number of rotatable bonds is 4. The van der Waals surface area contributed by atoms with E-state index >= 15 is 0 Å². The van der Waals surface area contributed by atoms with Crippen molar-refractivity contribution in [1.82, 2.24) is 9.88 Å². The van der Waals surface area contributed by atoms with Gasteiger partial charge in [-0.2, -0.15) is 0 Å². The van der Waals surface area contributed by atoms with E-state index in [0.717, 1.165) is 23.4 Å². The van der Waals surface area contributed by atoms with Crippen molar-refractivity contribution in [2.75, 3.05) is 19.5 Å². The Morgan fingerprint density at radius 3 is 2.67 bits per heavy atom. The van der Waals surface area contributed by atoms with E-state index in [4.69, 9.17) is 0 Å². The smallest absolute Gasteiger partial charge is 0.340 e. The monoisotopic (exact) mass is 391 g/mol. The summed E-state index contributed by atoms with van der Waals surface area (Å²) in [6.45, 7) is 0.206. The van der Waals surface area contributed by atoms with Gasteiger partial charge in [0.2, 0.25) is 0 Å². The fraction of sp³-hybridized carbons (Fsp3) is 0.167. The number of aromatic nitrogens is 1. The second kappa shape index (κ2) is 7.67. The van der Waals surface area contributed by atoms with E-state index in [1.54, 1.807) is 0 Å². The largest absolute Gasteiger partial charge is 0.465 e. The van der Waals surface area contributed by atoms with E-state index in [1.807, 2.05) is 24.3 Å². The first kappa shape index (κ1) is 18.7. The molecule has 140 valence electrons. The molecule has 6 nitrogen and oxygen atoms in total. The number of methoxy groups -OCH3 is 1. The number of fused-ring (bicyclic) bond motifs is 1. The van der Waals surface area contributed by atoms with Crippen molar-refractivity contribution in [2.45, 2.75) is 6.54 Å². The predicted octanol–water partition coefficient (Wildman–Crippen LogP) is 4.03. The van der Waals surface area contributed by atoms with E-state index in [1.165, 1.54) is 23.3 Å². The molecule has 0 aliphatic carbocycles. The number of carbonyl (C=O) groups is 2. The van der Waals surface area contributed by atoms with Crippen molar-refractivity contribution in [3.05, 3.63) is 58.6 Å². The number of hydrogen-bond acceptors (Lipinski definition) is 5. The maximum absolute atomic E-state index is 14.0. The summed E-state index contributed by atoms with van der Waals surface area (Å²) in [5, 5.41) is 3.04. The molecular formula is C18H15F2N3O3S. The molecular weight excluding hydrogens is 376 g/mol.